The molecule has 142 valence electrons. The van der Waals surface area contributed by atoms with E-state index in [9.17, 15) is 9.59 Å². The molecule has 1 unspecified atom stereocenters. The Morgan fingerprint density at radius 1 is 1.08 bits per heavy atom. The van der Waals surface area contributed by atoms with Crippen molar-refractivity contribution in [2.75, 3.05) is 27.3 Å². The van der Waals surface area contributed by atoms with E-state index in [1.54, 1.807) is 0 Å². The summed E-state index contributed by atoms with van der Waals surface area (Å²) in [6.45, 7) is 1.93. The molecule has 0 spiro atoms. The third-order valence-electron chi connectivity index (χ3n) is 4.45. The standard InChI is InChI=1S/C19H25NO4S2/c1-23-17(21)15(18(22)24-2)13-16(14-9-5-3-6-10-14)26-19(25)20-11-7-4-8-12-20/h3,5-6,9-10,15-16H,4,7-8,11-13H2,1-2H3. The molecular weight excluding hydrogens is 370 g/mol. The van der Waals surface area contributed by atoms with Crippen molar-refractivity contribution < 1.29 is 19.1 Å². The van der Waals surface area contributed by atoms with Gasteiger partial charge in [-0.1, -0.05) is 54.3 Å². The van der Waals surface area contributed by atoms with Crippen LogP contribution in [0.4, 0.5) is 0 Å². The molecule has 0 aliphatic carbocycles. The monoisotopic (exact) mass is 395 g/mol. The van der Waals surface area contributed by atoms with Crippen LogP contribution in [0.5, 0.6) is 0 Å². The van der Waals surface area contributed by atoms with Gasteiger partial charge in [-0.15, -0.1) is 0 Å². The van der Waals surface area contributed by atoms with Crippen molar-refractivity contribution in [2.45, 2.75) is 30.9 Å². The van der Waals surface area contributed by atoms with Crippen LogP contribution in [0.3, 0.4) is 0 Å². The van der Waals surface area contributed by atoms with Crippen LogP contribution in [0.2, 0.25) is 0 Å². The van der Waals surface area contributed by atoms with Crippen molar-refractivity contribution in [1.29, 1.82) is 0 Å². The van der Waals surface area contributed by atoms with Crippen LogP contribution in [0.25, 0.3) is 0 Å². The first-order valence-electron chi connectivity index (χ1n) is 8.73. The largest absolute Gasteiger partial charge is 0.468 e. The number of nitrogens with zero attached hydrogens (tertiary/aromatic N) is 1. The second-order valence-corrected chi connectivity index (χ2v) is 8.00. The van der Waals surface area contributed by atoms with E-state index in [-0.39, 0.29) is 11.7 Å². The molecule has 7 heteroatoms. The van der Waals surface area contributed by atoms with Crippen LogP contribution in [-0.2, 0) is 19.1 Å². The number of carbonyl (C=O) groups excluding carboxylic acids is 2. The number of rotatable bonds is 6. The highest BCUT2D eigenvalue weighted by molar-refractivity contribution is 8.23. The van der Waals surface area contributed by atoms with Crippen molar-refractivity contribution in [3.05, 3.63) is 35.9 Å². The molecule has 1 aromatic rings. The Bertz CT molecular complexity index is 601. The van der Waals surface area contributed by atoms with E-state index in [1.165, 1.54) is 32.4 Å². The first-order chi connectivity index (χ1) is 12.6. The summed E-state index contributed by atoms with van der Waals surface area (Å²) in [5.74, 6) is -2.13. The van der Waals surface area contributed by atoms with Gasteiger partial charge in [-0.3, -0.25) is 9.59 Å². The zero-order valence-electron chi connectivity index (χ0n) is 15.2. The fraction of sp³-hybridized carbons (Fsp3) is 0.526. The lowest BCUT2D eigenvalue weighted by Crippen LogP contribution is -2.33. The summed E-state index contributed by atoms with van der Waals surface area (Å²) < 4.78 is 10.4. The van der Waals surface area contributed by atoms with E-state index < -0.39 is 17.9 Å². The Morgan fingerprint density at radius 3 is 2.19 bits per heavy atom. The summed E-state index contributed by atoms with van der Waals surface area (Å²) in [4.78, 5) is 26.4. The molecule has 1 saturated heterocycles. The minimum atomic E-state index is -0.966. The Hall–Kier alpha value is -1.60. The Labute approximate surface area is 164 Å². The maximum absolute atomic E-state index is 12.1. The number of benzene rings is 1. The predicted molar refractivity (Wildman–Crippen MR) is 107 cm³/mol. The van der Waals surface area contributed by atoms with Crippen molar-refractivity contribution in [1.82, 2.24) is 4.90 Å². The molecule has 0 radical (unpaired) electrons. The highest BCUT2D eigenvalue weighted by Gasteiger charge is 2.33. The van der Waals surface area contributed by atoms with Gasteiger partial charge in [0.25, 0.3) is 0 Å². The molecule has 5 nitrogen and oxygen atoms in total. The van der Waals surface area contributed by atoms with Crippen LogP contribution in [0, 0.1) is 5.92 Å². The molecule has 0 N–H and O–H groups in total. The third kappa shape index (κ3) is 5.71. The fourth-order valence-electron chi connectivity index (χ4n) is 2.98. The van der Waals surface area contributed by atoms with E-state index in [2.05, 4.69) is 4.90 Å². The van der Waals surface area contributed by atoms with Crippen LogP contribution in [-0.4, -0.2) is 48.5 Å². The van der Waals surface area contributed by atoms with Crippen LogP contribution in [0.15, 0.2) is 30.3 Å². The molecule has 1 aromatic carbocycles. The Morgan fingerprint density at radius 2 is 1.65 bits per heavy atom. The lowest BCUT2D eigenvalue weighted by atomic mass is 9.99. The van der Waals surface area contributed by atoms with Crippen molar-refractivity contribution in [3.63, 3.8) is 0 Å². The van der Waals surface area contributed by atoms with E-state index >= 15 is 0 Å². The summed E-state index contributed by atoms with van der Waals surface area (Å²) in [5.41, 5.74) is 1.02. The summed E-state index contributed by atoms with van der Waals surface area (Å²) in [6.07, 6.45) is 3.80. The molecule has 1 fully saturated rings. The number of carbonyl (C=O) groups is 2. The summed E-state index contributed by atoms with van der Waals surface area (Å²) in [5, 5.41) is -0.131. The molecule has 0 saturated carbocycles. The van der Waals surface area contributed by atoms with Gasteiger partial charge in [-0.25, -0.2) is 0 Å². The molecular formula is C19H25NO4S2. The number of piperidine rings is 1. The predicted octanol–water partition coefficient (Wildman–Crippen LogP) is 3.58. The van der Waals surface area contributed by atoms with E-state index in [4.69, 9.17) is 21.7 Å². The fourth-order valence-corrected chi connectivity index (χ4v) is 4.67. The van der Waals surface area contributed by atoms with Gasteiger partial charge in [0.05, 0.1) is 14.2 Å². The van der Waals surface area contributed by atoms with Crippen molar-refractivity contribution >= 4 is 40.2 Å². The molecule has 26 heavy (non-hydrogen) atoms. The molecule has 2 rings (SSSR count). The Balaban J connectivity index is 2.18. The van der Waals surface area contributed by atoms with Crippen LogP contribution >= 0.6 is 24.0 Å². The average molecular weight is 396 g/mol. The quantitative estimate of drug-likeness (QED) is 0.414. The number of likely N-dealkylation sites (tertiary alicyclic amines) is 1. The average Bonchev–Trinajstić information content (AvgIpc) is 2.71. The number of methoxy groups -OCH3 is 2. The first kappa shape index (κ1) is 20.7. The maximum Gasteiger partial charge on any atom is 0.320 e. The third-order valence-corrected chi connectivity index (χ3v) is 6.21. The number of esters is 2. The van der Waals surface area contributed by atoms with E-state index in [0.29, 0.717) is 0 Å². The SMILES string of the molecule is COC(=O)C(CC(SC(=S)N1CCCCC1)c1ccccc1)C(=O)OC. The molecule has 1 aliphatic heterocycles. The van der Waals surface area contributed by atoms with Crippen LogP contribution in [0.1, 0.15) is 36.5 Å². The summed E-state index contributed by atoms with van der Waals surface area (Å²) >= 11 is 7.18. The zero-order chi connectivity index (χ0) is 18.9. The normalized spacial score (nSPS) is 15.4. The topological polar surface area (TPSA) is 55.8 Å². The van der Waals surface area contributed by atoms with E-state index in [1.807, 2.05) is 30.3 Å². The van der Waals surface area contributed by atoms with Gasteiger partial charge in [0.15, 0.2) is 5.92 Å². The van der Waals surface area contributed by atoms with Gasteiger partial charge < -0.3 is 14.4 Å². The van der Waals surface area contributed by atoms with Gasteiger partial charge >= 0.3 is 11.9 Å². The lowest BCUT2D eigenvalue weighted by molar-refractivity contribution is -0.159. The first-order valence-corrected chi connectivity index (χ1v) is 10.0. The van der Waals surface area contributed by atoms with Gasteiger partial charge in [0.1, 0.15) is 4.32 Å². The smallest absolute Gasteiger partial charge is 0.320 e. The highest BCUT2D eigenvalue weighted by atomic mass is 32.2. The van der Waals surface area contributed by atoms with E-state index in [0.717, 1.165) is 35.8 Å². The minimum absolute atomic E-state index is 0.131. The lowest BCUT2D eigenvalue weighted by Gasteiger charge is -2.31. The van der Waals surface area contributed by atoms with Gasteiger partial charge in [-0.2, -0.15) is 0 Å². The molecule has 1 atom stereocenters. The zero-order valence-corrected chi connectivity index (χ0v) is 16.8. The van der Waals surface area contributed by atoms with Gasteiger partial charge in [0, 0.05) is 18.3 Å². The Kier molecular flexibility index (Phi) is 8.38. The summed E-state index contributed by atoms with van der Waals surface area (Å²) in [7, 11) is 2.56. The number of ether oxygens (including phenoxy) is 2. The van der Waals surface area contributed by atoms with Gasteiger partial charge in [0.2, 0.25) is 0 Å². The molecule has 1 aliphatic rings. The highest BCUT2D eigenvalue weighted by Crippen LogP contribution is 2.37. The maximum atomic E-state index is 12.1. The second kappa shape index (κ2) is 10.5. The number of thiocarbonyl (C=S) groups is 1. The number of hydrogen-bond donors (Lipinski definition) is 0. The minimum Gasteiger partial charge on any atom is -0.468 e. The molecule has 0 aromatic heterocycles. The van der Waals surface area contributed by atoms with Gasteiger partial charge in [-0.05, 0) is 31.2 Å². The second-order valence-electron chi connectivity index (χ2n) is 6.17. The van der Waals surface area contributed by atoms with Crippen LogP contribution < -0.4 is 0 Å². The number of hydrogen-bond acceptors (Lipinski definition) is 6. The number of thioether (sulfide) groups is 1. The van der Waals surface area contributed by atoms with Crippen molar-refractivity contribution in [2.24, 2.45) is 5.92 Å². The molecule has 0 amide bonds. The summed E-state index contributed by atoms with van der Waals surface area (Å²) in [6, 6.07) is 9.80. The molecule has 1 heterocycles. The molecule has 0 bridgehead atoms. The van der Waals surface area contributed by atoms with Crippen molar-refractivity contribution in [3.8, 4) is 0 Å².